The van der Waals surface area contributed by atoms with Crippen LogP contribution in [0.2, 0.25) is 0 Å². The summed E-state index contributed by atoms with van der Waals surface area (Å²) in [7, 11) is 0. The third kappa shape index (κ3) is 2.39. The predicted octanol–water partition coefficient (Wildman–Crippen LogP) is -0.870. The lowest BCUT2D eigenvalue weighted by molar-refractivity contribution is 0.600. The van der Waals surface area contributed by atoms with Crippen molar-refractivity contribution in [3.05, 3.63) is 33.0 Å². The van der Waals surface area contributed by atoms with Gasteiger partial charge in [0.05, 0.1) is 5.69 Å². The Morgan fingerprint density at radius 2 is 1.80 bits per heavy atom. The molecule has 9 nitrogen and oxygen atoms in total. The Bertz CT molecular complexity index is 753. The highest BCUT2D eigenvalue weighted by Crippen LogP contribution is 2.06. The van der Waals surface area contributed by atoms with E-state index in [0.717, 1.165) is 4.68 Å². The van der Waals surface area contributed by atoms with E-state index in [9.17, 15) is 4.79 Å². The number of aromatic nitrogens is 5. The molecule has 0 saturated heterocycles. The number of rotatable bonds is 2. The van der Waals surface area contributed by atoms with Gasteiger partial charge in [-0.05, 0) is 19.4 Å². The molecular formula is C11H12N8O. The summed E-state index contributed by atoms with van der Waals surface area (Å²) < 4.78 is 1.11. The van der Waals surface area contributed by atoms with Crippen LogP contribution >= 0.6 is 0 Å². The highest BCUT2D eigenvalue weighted by Gasteiger charge is 2.13. The predicted molar refractivity (Wildman–Crippen MR) is 70.4 cm³/mol. The molecule has 2 aromatic heterocycles. The van der Waals surface area contributed by atoms with Gasteiger partial charge in [-0.1, -0.05) is 0 Å². The van der Waals surface area contributed by atoms with Crippen molar-refractivity contribution in [3.63, 3.8) is 0 Å². The van der Waals surface area contributed by atoms with Crippen molar-refractivity contribution in [1.82, 2.24) is 24.7 Å². The second-order valence-electron chi connectivity index (χ2n) is 4.13. The van der Waals surface area contributed by atoms with Gasteiger partial charge in [0.25, 0.3) is 5.56 Å². The van der Waals surface area contributed by atoms with Gasteiger partial charge >= 0.3 is 0 Å². The Hall–Kier alpha value is -3.02. The molecule has 0 saturated carbocycles. The molecule has 0 spiro atoms. The van der Waals surface area contributed by atoms with E-state index in [1.165, 1.54) is 0 Å². The molecular weight excluding hydrogens is 260 g/mol. The molecule has 2 rings (SSSR count). The summed E-state index contributed by atoms with van der Waals surface area (Å²) in [6.45, 7) is 3.35. The molecule has 9 heteroatoms. The van der Waals surface area contributed by atoms with Crippen molar-refractivity contribution in [1.29, 1.82) is 5.26 Å². The largest absolute Gasteiger partial charge is 0.368 e. The van der Waals surface area contributed by atoms with Gasteiger partial charge in [0.15, 0.2) is 5.82 Å². The summed E-state index contributed by atoms with van der Waals surface area (Å²) in [5, 5.41) is 13.1. The quantitative estimate of drug-likeness (QED) is 0.716. The van der Waals surface area contributed by atoms with Crippen molar-refractivity contribution in [2.75, 3.05) is 11.5 Å². The number of nitrogen functional groups attached to an aromatic ring is 2. The molecule has 0 aliphatic carbocycles. The molecule has 0 radical (unpaired) electrons. The van der Waals surface area contributed by atoms with Crippen molar-refractivity contribution in [3.8, 4) is 6.07 Å². The normalized spacial score (nSPS) is 10.2. The van der Waals surface area contributed by atoms with Gasteiger partial charge in [-0.2, -0.15) is 25.3 Å². The van der Waals surface area contributed by atoms with Crippen molar-refractivity contribution >= 4 is 11.9 Å². The lowest BCUT2D eigenvalue weighted by Gasteiger charge is -2.08. The minimum absolute atomic E-state index is 0.0362. The third-order valence-corrected chi connectivity index (χ3v) is 2.76. The van der Waals surface area contributed by atoms with E-state index in [1.807, 2.05) is 6.07 Å². The Kier molecular flexibility index (Phi) is 3.30. The molecule has 0 aromatic carbocycles. The van der Waals surface area contributed by atoms with Crippen molar-refractivity contribution < 1.29 is 0 Å². The molecule has 102 valence electrons. The molecule has 4 N–H and O–H groups in total. The average Bonchev–Trinajstić information content (AvgIpc) is 2.35. The fourth-order valence-electron chi connectivity index (χ4n) is 1.67. The Labute approximate surface area is 113 Å². The highest BCUT2D eigenvalue weighted by atomic mass is 16.1. The first kappa shape index (κ1) is 13.4. The zero-order valence-corrected chi connectivity index (χ0v) is 11.0. The van der Waals surface area contributed by atoms with Crippen LogP contribution in [0.15, 0.2) is 4.79 Å². The molecule has 2 heterocycles. The molecule has 0 unspecified atom stereocenters. The lowest BCUT2D eigenvalue weighted by Crippen LogP contribution is -2.28. The van der Waals surface area contributed by atoms with Crippen molar-refractivity contribution in [2.45, 2.75) is 20.4 Å². The first-order chi connectivity index (χ1) is 9.42. The van der Waals surface area contributed by atoms with E-state index < -0.39 is 5.56 Å². The Balaban J connectivity index is 2.52. The number of aryl methyl sites for hydroxylation is 1. The maximum Gasteiger partial charge on any atom is 0.285 e. The van der Waals surface area contributed by atoms with Crippen LogP contribution in [-0.4, -0.2) is 24.7 Å². The number of nitriles is 1. The van der Waals surface area contributed by atoms with E-state index >= 15 is 0 Å². The van der Waals surface area contributed by atoms with Crippen LogP contribution in [0.5, 0.6) is 0 Å². The maximum absolute atomic E-state index is 12.1. The van der Waals surface area contributed by atoms with Crippen LogP contribution in [0, 0.1) is 25.2 Å². The molecule has 2 aromatic rings. The Morgan fingerprint density at radius 3 is 2.35 bits per heavy atom. The fourth-order valence-corrected chi connectivity index (χ4v) is 1.67. The van der Waals surface area contributed by atoms with Gasteiger partial charge in [-0.15, -0.1) is 0 Å². The summed E-state index contributed by atoms with van der Waals surface area (Å²) in [6, 6.07) is 1.88. The second kappa shape index (κ2) is 4.93. The fraction of sp³-hybridized carbons (Fsp3) is 0.273. The molecule has 0 atom stereocenters. The van der Waals surface area contributed by atoms with Gasteiger partial charge in [0.2, 0.25) is 11.9 Å². The summed E-state index contributed by atoms with van der Waals surface area (Å²) in [4.78, 5) is 23.5. The van der Waals surface area contributed by atoms with E-state index in [0.29, 0.717) is 11.3 Å². The minimum atomic E-state index is -0.506. The van der Waals surface area contributed by atoms with Gasteiger partial charge in [-0.3, -0.25) is 4.79 Å². The first-order valence-corrected chi connectivity index (χ1v) is 5.66. The van der Waals surface area contributed by atoms with E-state index in [4.69, 9.17) is 16.7 Å². The van der Waals surface area contributed by atoms with Gasteiger partial charge < -0.3 is 11.5 Å². The zero-order valence-electron chi connectivity index (χ0n) is 11.0. The number of hydrogen-bond acceptors (Lipinski definition) is 8. The molecule has 0 aliphatic rings. The minimum Gasteiger partial charge on any atom is -0.368 e. The number of nitrogens with zero attached hydrogens (tertiary/aromatic N) is 6. The average molecular weight is 272 g/mol. The van der Waals surface area contributed by atoms with Gasteiger partial charge in [0, 0.05) is 0 Å². The second-order valence-corrected chi connectivity index (χ2v) is 4.13. The molecule has 0 fully saturated rings. The standard InChI is InChI=1S/C11H12N8O/c1-5-6(2)18-19(9(20)7(5)3-12)4-8-15-10(13)17-11(14)16-8/h4H2,1-2H3,(H4,13,14,15,16,17). The lowest BCUT2D eigenvalue weighted by atomic mass is 10.1. The molecule has 0 aliphatic heterocycles. The molecule has 0 amide bonds. The van der Waals surface area contributed by atoms with Crippen LogP contribution < -0.4 is 17.0 Å². The number of hydrogen-bond donors (Lipinski definition) is 2. The van der Waals surface area contributed by atoms with Crippen LogP contribution in [-0.2, 0) is 6.54 Å². The molecule has 20 heavy (non-hydrogen) atoms. The smallest absolute Gasteiger partial charge is 0.285 e. The topological polar surface area (TPSA) is 149 Å². The van der Waals surface area contributed by atoms with Crippen LogP contribution in [0.4, 0.5) is 11.9 Å². The summed E-state index contributed by atoms with van der Waals surface area (Å²) in [5.41, 5.74) is 11.6. The first-order valence-electron chi connectivity index (χ1n) is 5.66. The van der Waals surface area contributed by atoms with Crippen LogP contribution in [0.1, 0.15) is 22.6 Å². The number of anilines is 2. The monoisotopic (exact) mass is 272 g/mol. The third-order valence-electron chi connectivity index (χ3n) is 2.76. The van der Waals surface area contributed by atoms with Crippen molar-refractivity contribution in [2.24, 2.45) is 0 Å². The number of nitrogens with two attached hydrogens (primary N) is 2. The van der Waals surface area contributed by atoms with E-state index in [-0.39, 0.29) is 29.8 Å². The summed E-state index contributed by atoms with van der Waals surface area (Å²) in [5.74, 6) is 0.131. The summed E-state index contributed by atoms with van der Waals surface area (Å²) >= 11 is 0. The summed E-state index contributed by atoms with van der Waals surface area (Å²) in [6.07, 6.45) is 0. The van der Waals surface area contributed by atoms with Crippen LogP contribution in [0.3, 0.4) is 0 Å². The van der Waals surface area contributed by atoms with E-state index in [1.54, 1.807) is 13.8 Å². The maximum atomic E-state index is 12.1. The SMILES string of the molecule is Cc1nn(Cc2nc(N)nc(N)n2)c(=O)c(C#N)c1C. The van der Waals surface area contributed by atoms with Crippen LogP contribution in [0.25, 0.3) is 0 Å². The van der Waals surface area contributed by atoms with Gasteiger partial charge in [0.1, 0.15) is 18.2 Å². The zero-order chi connectivity index (χ0) is 14.9. The highest BCUT2D eigenvalue weighted by molar-refractivity contribution is 5.36. The van der Waals surface area contributed by atoms with E-state index in [2.05, 4.69) is 20.1 Å². The molecule has 0 bridgehead atoms. The Morgan fingerprint density at radius 1 is 1.20 bits per heavy atom. The van der Waals surface area contributed by atoms with Gasteiger partial charge in [-0.25, -0.2) is 4.68 Å².